The smallest absolute Gasteiger partial charge is 0.283 e. The minimum absolute atomic E-state index is 0.00793. The number of aromatic amines is 1. The number of nitrogens with two attached hydrogens (primary N) is 1. The van der Waals surface area contributed by atoms with Gasteiger partial charge < -0.3 is 20.8 Å². The molecule has 0 aliphatic carbocycles. The highest BCUT2D eigenvalue weighted by molar-refractivity contribution is 7.99. The van der Waals surface area contributed by atoms with Gasteiger partial charge in [-0.2, -0.15) is 0 Å². The molecule has 4 N–H and O–H groups in total. The number of benzene rings is 3. The molecule has 2 aromatic heterocycles. The number of carbonyl (C=O) groups is 2. The molecule has 0 spiro atoms. The fourth-order valence-corrected chi connectivity index (χ4v) is 4.87. The largest absolute Gasteiger partial charge is 0.495 e. The van der Waals surface area contributed by atoms with E-state index in [4.69, 9.17) is 15.5 Å². The summed E-state index contributed by atoms with van der Waals surface area (Å²) in [6.07, 6.45) is 0. The highest BCUT2D eigenvalue weighted by Crippen LogP contribution is 2.30. The van der Waals surface area contributed by atoms with Gasteiger partial charge in [-0.05, 0) is 55.0 Å². The molecule has 2 heterocycles. The van der Waals surface area contributed by atoms with E-state index < -0.39 is 5.91 Å². The van der Waals surface area contributed by atoms with Crippen molar-refractivity contribution in [1.82, 2.24) is 14.5 Å². The summed E-state index contributed by atoms with van der Waals surface area (Å²) < 4.78 is 7.02. The minimum atomic E-state index is -0.545. The summed E-state index contributed by atoms with van der Waals surface area (Å²) in [4.78, 5) is 45.9. The third kappa shape index (κ3) is 4.66. The quantitative estimate of drug-likeness (QED) is 0.223. The Balaban J connectivity index is 1.55. The number of nitrogens with zero attached hydrogens (tertiary/aromatic N) is 2. The number of carbonyl (C=O) groups excluding carboxylic acids is 2. The Morgan fingerprint density at radius 2 is 1.86 bits per heavy atom. The zero-order valence-corrected chi connectivity index (χ0v) is 20.9. The number of amides is 2. The molecule has 2 amide bonds. The molecule has 10 heteroatoms. The first-order valence-electron chi connectivity index (χ1n) is 11.4. The number of nitrogens with one attached hydrogen (secondary N) is 2. The van der Waals surface area contributed by atoms with Crippen molar-refractivity contribution in [1.29, 1.82) is 0 Å². The van der Waals surface area contributed by atoms with Crippen LogP contribution in [0, 0.1) is 6.92 Å². The van der Waals surface area contributed by atoms with Crippen LogP contribution in [0.3, 0.4) is 0 Å². The van der Waals surface area contributed by atoms with E-state index in [-0.39, 0.29) is 17.2 Å². The van der Waals surface area contributed by atoms with Crippen molar-refractivity contribution in [3.63, 3.8) is 0 Å². The molecular formula is C27H23N5O4S. The summed E-state index contributed by atoms with van der Waals surface area (Å²) in [6.45, 7) is 1.92. The molecule has 5 aromatic rings. The maximum Gasteiger partial charge on any atom is 0.283 e. The molecule has 37 heavy (non-hydrogen) atoms. The Labute approximate surface area is 215 Å². The van der Waals surface area contributed by atoms with Crippen molar-refractivity contribution in [2.45, 2.75) is 12.1 Å². The first kappa shape index (κ1) is 24.1. The van der Waals surface area contributed by atoms with E-state index in [2.05, 4.69) is 10.3 Å². The van der Waals surface area contributed by atoms with Gasteiger partial charge in [-0.15, -0.1) is 0 Å². The van der Waals surface area contributed by atoms with Crippen molar-refractivity contribution in [3.8, 4) is 11.4 Å². The van der Waals surface area contributed by atoms with Crippen LogP contribution in [-0.2, 0) is 4.79 Å². The number of hydrogen-bond donors (Lipinski definition) is 3. The van der Waals surface area contributed by atoms with Gasteiger partial charge in [-0.1, -0.05) is 36.0 Å². The summed E-state index contributed by atoms with van der Waals surface area (Å²) in [5.41, 5.74) is 9.01. The molecule has 0 atom stereocenters. The van der Waals surface area contributed by atoms with Crippen molar-refractivity contribution in [2.75, 3.05) is 18.2 Å². The van der Waals surface area contributed by atoms with Crippen LogP contribution >= 0.6 is 11.8 Å². The van der Waals surface area contributed by atoms with Crippen LogP contribution in [0.25, 0.3) is 27.6 Å². The number of ether oxygens (including phenoxy) is 1. The molecule has 0 fully saturated rings. The Kier molecular flexibility index (Phi) is 6.41. The zero-order valence-electron chi connectivity index (χ0n) is 20.1. The number of anilines is 1. The van der Waals surface area contributed by atoms with E-state index >= 15 is 0 Å². The number of primary amides is 1. The van der Waals surface area contributed by atoms with Crippen LogP contribution in [0.2, 0.25) is 0 Å². The van der Waals surface area contributed by atoms with Gasteiger partial charge in [0.15, 0.2) is 5.16 Å². The lowest BCUT2D eigenvalue weighted by Crippen LogP contribution is -2.23. The van der Waals surface area contributed by atoms with E-state index in [1.165, 1.54) is 11.7 Å². The molecular weight excluding hydrogens is 490 g/mol. The molecule has 0 saturated carbocycles. The van der Waals surface area contributed by atoms with E-state index in [0.29, 0.717) is 38.9 Å². The van der Waals surface area contributed by atoms with Crippen molar-refractivity contribution >= 4 is 51.2 Å². The Bertz CT molecular complexity index is 1720. The summed E-state index contributed by atoms with van der Waals surface area (Å²) in [6, 6.07) is 19.4. The second-order valence-electron chi connectivity index (χ2n) is 8.38. The predicted molar refractivity (Wildman–Crippen MR) is 145 cm³/mol. The average Bonchev–Trinajstić information content (AvgIpc) is 3.27. The Hall–Kier alpha value is -4.57. The number of para-hydroxylation sites is 1. The van der Waals surface area contributed by atoms with Crippen LogP contribution in [0.4, 0.5) is 5.69 Å². The topological polar surface area (TPSA) is 132 Å². The lowest BCUT2D eigenvalue weighted by atomic mass is 10.2. The van der Waals surface area contributed by atoms with Gasteiger partial charge in [0.2, 0.25) is 11.8 Å². The molecule has 0 aliphatic heterocycles. The molecule has 0 aliphatic rings. The monoisotopic (exact) mass is 513 g/mol. The molecule has 0 radical (unpaired) electrons. The number of H-pyrrole nitrogens is 1. The number of fused-ring (bicyclic) bond motifs is 3. The van der Waals surface area contributed by atoms with Gasteiger partial charge in [-0.3, -0.25) is 14.4 Å². The van der Waals surface area contributed by atoms with Crippen LogP contribution < -0.4 is 21.3 Å². The maximum atomic E-state index is 13.8. The highest BCUT2D eigenvalue weighted by atomic mass is 32.2. The third-order valence-electron chi connectivity index (χ3n) is 5.86. The second kappa shape index (κ2) is 9.82. The molecule has 3 aromatic carbocycles. The van der Waals surface area contributed by atoms with E-state index in [9.17, 15) is 14.4 Å². The summed E-state index contributed by atoms with van der Waals surface area (Å²) in [5.74, 6) is -0.346. The SMILES string of the molecule is COc1ccc(C)cc1-n1c(SCC(=O)Nc2ccc(C(N)=O)cc2)nc2c([nH]c3ccccc32)c1=O. The summed E-state index contributed by atoms with van der Waals surface area (Å²) >= 11 is 1.14. The number of aryl methyl sites for hydroxylation is 1. The van der Waals surface area contributed by atoms with Crippen molar-refractivity contribution in [3.05, 3.63) is 88.2 Å². The lowest BCUT2D eigenvalue weighted by Gasteiger charge is -2.15. The lowest BCUT2D eigenvalue weighted by molar-refractivity contribution is -0.113. The van der Waals surface area contributed by atoms with E-state index in [1.807, 2.05) is 43.3 Å². The first-order valence-corrected chi connectivity index (χ1v) is 12.4. The Morgan fingerprint density at radius 3 is 2.59 bits per heavy atom. The fraction of sp³-hybridized carbons (Fsp3) is 0.111. The van der Waals surface area contributed by atoms with Gasteiger partial charge in [-0.25, -0.2) is 9.55 Å². The second-order valence-corrected chi connectivity index (χ2v) is 9.33. The number of rotatable bonds is 7. The van der Waals surface area contributed by atoms with Gasteiger partial charge in [0.25, 0.3) is 5.56 Å². The third-order valence-corrected chi connectivity index (χ3v) is 6.79. The molecule has 0 saturated heterocycles. The molecule has 5 rings (SSSR count). The zero-order chi connectivity index (χ0) is 26.1. The van der Waals surface area contributed by atoms with Crippen LogP contribution in [-0.4, -0.2) is 39.2 Å². The predicted octanol–water partition coefficient (Wildman–Crippen LogP) is 4.01. The molecule has 0 unspecified atom stereocenters. The van der Waals surface area contributed by atoms with E-state index in [1.54, 1.807) is 30.3 Å². The molecule has 186 valence electrons. The minimum Gasteiger partial charge on any atom is -0.495 e. The first-order chi connectivity index (χ1) is 17.9. The summed E-state index contributed by atoms with van der Waals surface area (Å²) in [5, 5.41) is 3.96. The van der Waals surface area contributed by atoms with Crippen LogP contribution in [0.1, 0.15) is 15.9 Å². The van der Waals surface area contributed by atoms with Gasteiger partial charge in [0.1, 0.15) is 16.8 Å². The molecule has 9 nitrogen and oxygen atoms in total. The number of thioether (sulfide) groups is 1. The fourth-order valence-electron chi connectivity index (χ4n) is 4.07. The number of hydrogen-bond acceptors (Lipinski definition) is 6. The standard InChI is InChI=1S/C27H23N5O4S/c1-15-7-12-21(36-2)20(13-15)32-26(35)24-23(18-5-3-4-6-19(18)30-24)31-27(32)37-14-22(33)29-17-10-8-16(9-11-17)25(28)34/h3-13,30H,14H2,1-2H3,(H2,28,34)(H,29,33). The normalized spacial score (nSPS) is 11.1. The van der Waals surface area contributed by atoms with E-state index in [0.717, 1.165) is 28.2 Å². The Morgan fingerprint density at radius 1 is 1.11 bits per heavy atom. The number of aromatic nitrogens is 3. The van der Waals surface area contributed by atoms with Crippen LogP contribution in [0.5, 0.6) is 5.75 Å². The highest BCUT2D eigenvalue weighted by Gasteiger charge is 2.20. The van der Waals surface area contributed by atoms with Gasteiger partial charge in [0, 0.05) is 22.2 Å². The van der Waals surface area contributed by atoms with Crippen LogP contribution in [0.15, 0.2) is 76.7 Å². The van der Waals surface area contributed by atoms with Crippen molar-refractivity contribution in [2.24, 2.45) is 5.73 Å². The van der Waals surface area contributed by atoms with Gasteiger partial charge in [0.05, 0.1) is 18.6 Å². The number of methoxy groups -OCH3 is 1. The van der Waals surface area contributed by atoms with Gasteiger partial charge >= 0.3 is 0 Å². The maximum absolute atomic E-state index is 13.8. The summed E-state index contributed by atoms with van der Waals surface area (Å²) in [7, 11) is 1.54. The van der Waals surface area contributed by atoms with Crippen molar-refractivity contribution < 1.29 is 14.3 Å². The average molecular weight is 514 g/mol. The molecule has 0 bridgehead atoms.